The van der Waals surface area contributed by atoms with Crippen molar-refractivity contribution in [2.45, 2.75) is 26.2 Å². The van der Waals surface area contributed by atoms with Crippen LogP contribution in [0.4, 0.5) is 0 Å². The molecule has 1 fully saturated rings. The highest BCUT2D eigenvalue weighted by atomic mass is 16.6. The van der Waals surface area contributed by atoms with Crippen LogP contribution < -0.4 is 0 Å². The molecule has 5 heteroatoms. The first-order chi connectivity index (χ1) is 5.56. The molecule has 12 heavy (non-hydrogen) atoms. The molecule has 0 aromatic carbocycles. The Hall–Kier alpha value is -1.39. The third-order valence-electron chi connectivity index (χ3n) is 1.06. The summed E-state index contributed by atoms with van der Waals surface area (Å²) in [5.41, 5.74) is 0. The van der Waals surface area contributed by atoms with E-state index in [2.05, 4.69) is 4.74 Å². The van der Waals surface area contributed by atoms with Crippen molar-refractivity contribution in [3.05, 3.63) is 0 Å². The van der Waals surface area contributed by atoms with E-state index in [1.165, 1.54) is 0 Å². The predicted molar refractivity (Wildman–Crippen MR) is 38.3 cm³/mol. The number of hydrogen-bond donors (Lipinski definition) is 1. The van der Waals surface area contributed by atoms with Crippen LogP contribution in [0.2, 0.25) is 0 Å². The molecule has 1 aliphatic heterocycles. The number of cyclic esters (lactones) is 2. The zero-order valence-electron chi connectivity index (χ0n) is 6.70. The number of carbonyl (C=O) groups is 3. The Morgan fingerprint density at radius 3 is 1.83 bits per heavy atom. The monoisotopic (exact) mass is 174 g/mol. The predicted octanol–water partition coefficient (Wildman–Crippen LogP) is 0.331. The molecule has 1 N–H and O–H groups in total. The van der Waals surface area contributed by atoms with Crippen molar-refractivity contribution in [3.8, 4) is 0 Å². The lowest BCUT2D eigenvalue weighted by Crippen LogP contribution is -1.94. The quantitative estimate of drug-likeness (QED) is 0.457. The van der Waals surface area contributed by atoms with Gasteiger partial charge in [-0.25, -0.2) is 0 Å². The number of aliphatic carboxylic acids is 1. The molecule has 0 atom stereocenters. The fourth-order valence-electron chi connectivity index (χ4n) is 0.433. The topological polar surface area (TPSA) is 80.7 Å². The molecule has 0 aromatic rings. The minimum atomic E-state index is -0.745. The van der Waals surface area contributed by atoms with Gasteiger partial charge < -0.3 is 9.84 Å². The normalized spacial score (nSPS) is 14.8. The van der Waals surface area contributed by atoms with E-state index in [1.807, 2.05) is 0 Å². The van der Waals surface area contributed by atoms with Gasteiger partial charge in [0.05, 0.1) is 12.8 Å². The van der Waals surface area contributed by atoms with Crippen LogP contribution in [0.25, 0.3) is 0 Å². The van der Waals surface area contributed by atoms with Crippen molar-refractivity contribution in [1.82, 2.24) is 0 Å². The number of carbonyl (C=O) groups excluding carboxylic acids is 2. The molecular weight excluding hydrogens is 164 g/mol. The van der Waals surface area contributed by atoms with Crippen LogP contribution in [0.5, 0.6) is 0 Å². The molecule has 5 nitrogen and oxygen atoms in total. The summed E-state index contributed by atoms with van der Waals surface area (Å²) in [6.45, 7) is 1.60. The summed E-state index contributed by atoms with van der Waals surface area (Å²) >= 11 is 0. The van der Waals surface area contributed by atoms with E-state index in [0.29, 0.717) is 0 Å². The summed E-state index contributed by atoms with van der Waals surface area (Å²) in [6.07, 6.45) is 0.748. The SMILES string of the molecule is CCC(=O)O.O=C1CCC(=O)O1. The Bertz CT molecular complexity index is 182. The Balaban J connectivity index is 0.000000217. The first-order valence-electron chi connectivity index (χ1n) is 3.51. The van der Waals surface area contributed by atoms with Gasteiger partial charge in [-0.05, 0) is 0 Å². The maximum Gasteiger partial charge on any atom is 0.314 e. The Labute approximate surface area is 69.3 Å². The minimum Gasteiger partial charge on any atom is -0.481 e. The van der Waals surface area contributed by atoms with Crippen LogP contribution in [-0.2, 0) is 19.1 Å². The molecule has 0 spiro atoms. The fourth-order valence-corrected chi connectivity index (χ4v) is 0.433. The second-order valence-corrected chi connectivity index (χ2v) is 2.09. The van der Waals surface area contributed by atoms with Gasteiger partial charge in [-0.1, -0.05) is 6.92 Å². The van der Waals surface area contributed by atoms with Crippen molar-refractivity contribution in [1.29, 1.82) is 0 Å². The number of ether oxygens (including phenoxy) is 1. The van der Waals surface area contributed by atoms with Gasteiger partial charge in [-0.15, -0.1) is 0 Å². The van der Waals surface area contributed by atoms with Crippen molar-refractivity contribution >= 4 is 17.9 Å². The molecule has 1 saturated heterocycles. The largest absolute Gasteiger partial charge is 0.481 e. The molecule has 68 valence electrons. The lowest BCUT2D eigenvalue weighted by Gasteiger charge is -1.79. The highest BCUT2D eigenvalue weighted by molar-refractivity contribution is 5.92. The molecule has 0 saturated carbocycles. The van der Waals surface area contributed by atoms with E-state index in [0.717, 1.165) is 0 Å². The average molecular weight is 174 g/mol. The minimum absolute atomic E-state index is 0.222. The van der Waals surface area contributed by atoms with Crippen LogP contribution in [0.15, 0.2) is 0 Å². The maximum atomic E-state index is 10.0. The van der Waals surface area contributed by atoms with Gasteiger partial charge in [0, 0.05) is 6.42 Å². The van der Waals surface area contributed by atoms with Crippen molar-refractivity contribution < 1.29 is 24.2 Å². The summed E-state index contributed by atoms with van der Waals surface area (Å²) in [7, 11) is 0. The number of carboxylic acids is 1. The third-order valence-corrected chi connectivity index (χ3v) is 1.06. The van der Waals surface area contributed by atoms with Gasteiger partial charge in [0.2, 0.25) is 0 Å². The summed E-state index contributed by atoms with van der Waals surface area (Å²) in [4.78, 5) is 29.4. The van der Waals surface area contributed by atoms with E-state index in [-0.39, 0.29) is 19.3 Å². The molecule has 0 unspecified atom stereocenters. The van der Waals surface area contributed by atoms with Crippen LogP contribution >= 0.6 is 0 Å². The molecule has 0 bridgehead atoms. The van der Waals surface area contributed by atoms with Crippen molar-refractivity contribution in [2.75, 3.05) is 0 Å². The van der Waals surface area contributed by atoms with Crippen LogP contribution in [0, 0.1) is 0 Å². The summed E-state index contributed by atoms with van der Waals surface area (Å²) < 4.78 is 4.08. The Kier molecular flexibility index (Phi) is 4.67. The highest BCUT2D eigenvalue weighted by Gasteiger charge is 2.19. The van der Waals surface area contributed by atoms with Gasteiger partial charge in [-0.2, -0.15) is 0 Å². The van der Waals surface area contributed by atoms with Gasteiger partial charge in [0.15, 0.2) is 0 Å². The smallest absolute Gasteiger partial charge is 0.314 e. The zero-order valence-corrected chi connectivity index (χ0v) is 6.70. The van der Waals surface area contributed by atoms with E-state index in [9.17, 15) is 14.4 Å². The van der Waals surface area contributed by atoms with Crippen LogP contribution in [-0.4, -0.2) is 23.0 Å². The summed E-state index contributed by atoms with van der Waals surface area (Å²) in [5, 5.41) is 7.72. The molecule has 0 radical (unpaired) electrons. The third kappa shape index (κ3) is 5.40. The number of hydrogen-bond acceptors (Lipinski definition) is 4. The summed E-state index contributed by atoms with van der Waals surface area (Å²) in [6, 6.07) is 0. The zero-order chi connectivity index (χ0) is 9.56. The van der Waals surface area contributed by atoms with E-state index in [1.54, 1.807) is 6.92 Å². The molecule has 1 aliphatic rings. The average Bonchev–Trinajstić information content (AvgIpc) is 2.36. The standard InChI is InChI=1S/C4H4O3.C3H6O2/c5-3-1-2-4(6)7-3;1-2-3(4)5/h1-2H2;2H2,1H3,(H,4,5). The van der Waals surface area contributed by atoms with Gasteiger partial charge in [-0.3, -0.25) is 14.4 Å². The van der Waals surface area contributed by atoms with E-state index < -0.39 is 17.9 Å². The lowest BCUT2D eigenvalue weighted by molar-refractivity contribution is -0.152. The first kappa shape index (κ1) is 10.6. The van der Waals surface area contributed by atoms with Gasteiger partial charge >= 0.3 is 17.9 Å². The van der Waals surface area contributed by atoms with Gasteiger partial charge in [0.1, 0.15) is 0 Å². The molecule has 1 rings (SSSR count). The fraction of sp³-hybridized carbons (Fsp3) is 0.571. The van der Waals surface area contributed by atoms with Crippen molar-refractivity contribution in [3.63, 3.8) is 0 Å². The van der Waals surface area contributed by atoms with Crippen LogP contribution in [0.3, 0.4) is 0 Å². The van der Waals surface area contributed by atoms with E-state index >= 15 is 0 Å². The van der Waals surface area contributed by atoms with Crippen molar-refractivity contribution in [2.24, 2.45) is 0 Å². The number of carboxylic acid groups (broad SMARTS) is 1. The maximum absolute atomic E-state index is 10.0. The number of esters is 2. The Morgan fingerprint density at radius 2 is 1.75 bits per heavy atom. The Morgan fingerprint density at radius 1 is 1.42 bits per heavy atom. The van der Waals surface area contributed by atoms with E-state index in [4.69, 9.17) is 5.11 Å². The summed E-state index contributed by atoms with van der Waals surface area (Å²) in [5.74, 6) is -1.54. The molecule has 0 amide bonds. The van der Waals surface area contributed by atoms with Crippen LogP contribution in [0.1, 0.15) is 26.2 Å². The second-order valence-electron chi connectivity index (χ2n) is 2.09. The number of rotatable bonds is 1. The first-order valence-corrected chi connectivity index (χ1v) is 3.51. The highest BCUT2D eigenvalue weighted by Crippen LogP contribution is 2.03. The second kappa shape index (κ2) is 5.29. The van der Waals surface area contributed by atoms with Gasteiger partial charge in [0.25, 0.3) is 0 Å². The molecule has 1 heterocycles. The molecular formula is C7H10O5. The molecule has 0 aromatic heterocycles. The lowest BCUT2D eigenvalue weighted by atomic mass is 10.4. The molecule has 0 aliphatic carbocycles.